The van der Waals surface area contributed by atoms with Gasteiger partial charge >= 0.3 is 0 Å². The Morgan fingerprint density at radius 2 is 1.85 bits per heavy atom. The normalized spacial score (nSPS) is 17.6. The Bertz CT molecular complexity index is 686. The predicted octanol–water partition coefficient (Wildman–Crippen LogP) is 0.626. The molecule has 1 aliphatic rings. The van der Waals surface area contributed by atoms with Gasteiger partial charge in [-0.3, -0.25) is 4.79 Å². The van der Waals surface area contributed by atoms with Crippen LogP contribution >= 0.6 is 0 Å². The van der Waals surface area contributed by atoms with Crippen LogP contribution in [0.1, 0.15) is 13.8 Å². The maximum atomic E-state index is 12.3. The van der Waals surface area contributed by atoms with E-state index in [0.29, 0.717) is 32.1 Å². The highest BCUT2D eigenvalue weighted by atomic mass is 32.2. The Kier molecular flexibility index (Phi) is 7.39. The number of hydrogen-bond donors (Lipinski definition) is 1. The van der Waals surface area contributed by atoms with Crippen molar-refractivity contribution < 1.29 is 27.4 Å². The van der Waals surface area contributed by atoms with E-state index >= 15 is 0 Å². The molecule has 9 heteroatoms. The van der Waals surface area contributed by atoms with E-state index in [2.05, 4.69) is 4.72 Å². The van der Waals surface area contributed by atoms with E-state index < -0.39 is 16.1 Å². The van der Waals surface area contributed by atoms with Crippen molar-refractivity contribution in [2.45, 2.75) is 30.9 Å². The lowest BCUT2D eigenvalue weighted by Crippen LogP contribution is -2.46. The number of ether oxygens (including phenoxy) is 3. The number of amides is 1. The number of nitrogens with one attached hydrogen (secondary N) is 1. The van der Waals surface area contributed by atoms with Crippen molar-refractivity contribution >= 4 is 15.9 Å². The number of morpholine rings is 1. The van der Waals surface area contributed by atoms with Crippen molar-refractivity contribution in [2.24, 2.45) is 0 Å². The molecular formula is C17H26N2O6S. The number of benzene rings is 1. The average molecular weight is 386 g/mol. The summed E-state index contributed by atoms with van der Waals surface area (Å²) < 4.78 is 42.9. The van der Waals surface area contributed by atoms with E-state index in [1.54, 1.807) is 30.9 Å². The molecule has 0 radical (unpaired) electrons. The topological polar surface area (TPSA) is 94.2 Å². The molecule has 0 bridgehead atoms. The Labute approximate surface area is 154 Å². The van der Waals surface area contributed by atoms with Crippen molar-refractivity contribution in [3.63, 3.8) is 0 Å². The molecule has 0 aliphatic carbocycles. The molecule has 1 aromatic carbocycles. The second-order valence-corrected chi connectivity index (χ2v) is 7.86. The van der Waals surface area contributed by atoms with Crippen molar-refractivity contribution in [3.8, 4) is 5.75 Å². The zero-order chi connectivity index (χ0) is 19.2. The summed E-state index contributed by atoms with van der Waals surface area (Å²) in [6.45, 7) is 5.83. The summed E-state index contributed by atoms with van der Waals surface area (Å²) in [6, 6.07) is 5.64. The standard InChI is InChI=1S/C17H26N2O6S/c1-13(12-23-3)18-26(21,22)16-6-4-15(5-7-16)25-14(2)17(20)19-8-10-24-11-9-19/h4-7,13-14,18H,8-12H2,1-3H3/t13-,14-/m0/s1. The number of sulfonamides is 1. The third kappa shape index (κ3) is 5.66. The Morgan fingerprint density at radius 1 is 1.23 bits per heavy atom. The number of nitrogens with zero attached hydrogens (tertiary/aromatic N) is 1. The monoisotopic (exact) mass is 386 g/mol. The first-order valence-electron chi connectivity index (χ1n) is 8.48. The fourth-order valence-electron chi connectivity index (χ4n) is 2.61. The van der Waals surface area contributed by atoms with E-state index in [4.69, 9.17) is 14.2 Å². The molecule has 26 heavy (non-hydrogen) atoms. The van der Waals surface area contributed by atoms with Gasteiger partial charge in [-0.05, 0) is 38.1 Å². The van der Waals surface area contributed by atoms with Gasteiger partial charge in [0.1, 0.15) is 5.75 Å². The Balaban J connectivity index is 1.97. The molecule has 1 aliphatic heterocycles. The van der Waals surface area contributed by atoms with Crippen molar-refractivity contribution in [3.05, 3.63) is 24.3 Å². The molecule has 1 fully saturated rings. The van der Waals surface area contributed by atoms with Crippen LogP contribution in [0.25, 0.3) is 0 Å². The predicted molar refractivity (Wildman–Crippen MR) is 95.6 cm³/mol. The van der Waals surface area contributed by atoms with E-state index in [-0.39, 0.29) is 23.5 Å². The minimum absolute atomic E-state index is 0.111. The molecule has 8 nitrogen and oxygen atoms in total. The van der Waals surface area contributed by atoms with Gasteiger partial charge in [0.25, 0.3) is 5.91 Å². The molecule has 0 unspecified atom stereocenters. The van der Waals surface area contributed by atoms with Gasteiger partial charge in [0, 0.05) is 26.2 Å². The molecule has 1 aromatic rings. The van der Waals surface area contributed by atoms with Gasteiger partial charge in [0.15, 0.2) is 6.10 Å². The SMILES string of the molecule is COC[C@H](C)NS(=O)(=O)c1ccc(O[C@@H](C)C(=O)N2CCOCC2)cc1. The molecule has 2 atom stereocenters. The van der Waals surface area contributed by atoms with Gasteiger partial charge in [-0.25, -0.2) is 13.1 Å². The fraction of sp³-hybridized carbons (Fsp3) is 0.588. The molecular weight excluding hydrogens is 360 g/mol. The van der Waals surface area contributed by atoms with E-state index in [0.717, 1.165) is 0 Å². The summed E-state index contributed by atoms with van der Waals surface area (Å²) in [5.74, 6) is 0.322. The lowest BCUT2D eigenvalue weighted by Gasteiger charge is -2.29. The molecule has 1 heterocycles. The summed E-state index contributed by atoms with van der Waals surface area (Å²) in [4.78, 5) is 14.2. The molecule has 0 aromatic heterocycles. The van der Waals surface area contributed by atoms with Crippen LogP contribution in [0.3, 0.4) is 0 Å². The first-order valence-corrected chi connectivity index (χ1v) is 9.96. The summed E-state index contributed by atoms with van der Waals surface area (Å²) in [6.07, 6.45) is -0.657. The van der Waals surface area contributed by atoms with Gasteiger partial charge in [0.05, 0.1) is 24.7 Å². The first-order chi connectivity index (χ1) is 12.3. The second kappa shape index (κ2) is 9.31. The lowest BCUT2D eigenvalue weighted by molar-refractivity contribution is -0.142. The smallest absolute Gasteiger partial charge is 0.263 e. The molecule has 1 N–H and O–H groups in total. The van der Waals surface area contributed by atoms with Crippen LogP contribution in [0.2, 0.25) is 0 Å². The third-order valence-corrected chi connectivity index (χ3v) is 5.50. The van der Waals surface area contributed by atoms with E-state index in [1.807, 2.05) is 0 Å². The summed E-state index contributed by atoms with van der Waals surface area (Å²) in [7, 11) is -2.12. The third-order valence-electron chi connectivity index (χ3n) is 3.89. The van der Waals surface area contributed by atoms with Crippen LogP contribution in [0.15, 0.2) is 29.2 Å². The summed E-state index contributed by atoms with van der Waals surface area (Å²) in [5.41, 5.74) is 0. The zero-order valence-electron chi connectivity index (χ0n) is 15.3. The molecule has 0 spiro atoms. The summed E-state index contributed by atoms with van der Waals surface area (Å²) >= 11 is 0. The quantitative estimate of drug-likeness (QED) is 0.704. The van der Waals surface area contributed by atoms with Gasteiger partial charge < -0.3 is 19.1 Å². The fourth-order valence-corrected chi connectivity index (χ4v) is 3.84. The Hall–Kier alpha value is -1.68. The van der Waals surface area contributed by atoms with Crippen molar-refractivity contribution in [1.82, 2.24) is 9.62 Å². The minimum Gasteiger partial charge on any atom is -0.481 e. The van der Waals surface area contributed by atoms with E-state index in [1.165, 1.54) is 19.2 Å². The molecule has 146 valence electrons. The van der Waals surface area contributed by atoms with Gasteiger partial charge in [-0.2, -0.15) is 0 Å². The van der Waals surface area contributed by atoms with Gasteiger partial charge in [-0.15, -0.1) is 0 Å². The first kappa shape index (κ1) is 20.6. The van der Waals surface area contributed by atoms with Crippen LogP contribution in [-0.2, 0) is 24.3 Å². The molecule has 1 saturated heterocycles. The Morgan fingerprint density at radius 3 is 2.42 bits per heavy atom. The van der Waals surface area contributed by atoms with Gasteiger partial charge in [-0.1, -0.05) is 0 Å². The second-order valence-electron chi connectivity index (χ2n) is 6.15. The van der Waals surface area contributed by atoms with Gasteiger partial charge in [0.2, 0.25) is 10.0 Å². The maximum absolute atomic E-state index is 12.3. The van der Waals surface area contributed by atoms with Crippen LogP contribution in [0.4, 0.5) is 0 Å². The van der Waals surface area contributed by atoms with Crippen molar-refractivity contribution in [2.75, 3.05) is 40.0 Å². The van der Waals surface area contributed by atoms with Crippen LogP contribution in [0.5, 0.6) is 5.75 Å². The number of carbonyl (C=O) groups is 1. The highest BCUT2D eigenvalue weighted by Crippen LogP contribution is 2.18. The average Bonchev–Trinajstić information content (AvgIpc) is 2.62. The summed E-state index contributed by atoms with van der Waals surface area (Å²) in [5, 5.41) is 0. The highest BCUT2D eigenvalue weighted by Gasteiger charge is 2.24. The van der Waals surface area contributed by atoms with E-state index in [9.17, 15) is 13.2 Å². The zero-order valence-corrected chi connectivity index (χ0v) is 16.1. The van der Waals surface area contributed by atoms with Crippen LogP contribution in [-0.4, -0.2) is 71.4 Å². The molecule has 2 rings (SSSR count). The molecule has 0 saturated carbocycles. The number of rotatable bonds is 8. The molecule has 1 amide bonds. The number of carbonyl (C=O) groups excluding carboxylic acids is 1. The largest absolute Gasteiger partial charge is 0.481 e. The number of hydrogen-bond acceptors (Lipinski definition) is 6. The number of methoxy groups -OCH3 is 1. The van der Waals surface area contributed by atoms with Crippen molar-refractivity contribution in [1.29, 1.82) is 0 Å². The maximum Gasteiger partial charge on any atom is 0.263 e. The highest BCUT2D eigenvalue weighted by molar-refractivity contribution is 7.89. The van der Waals surface area contributed by atoms with Crippen LogP contribution in [0, 0.1) is 0 Å². The minimum atomic E-state index is -3.64. The lowest BCUT2D eigenvalue weighted by atomic mass is 10.3. The van der Waals surface area contributed by atoms with Crippen LogP contribution < -0.4 is 9.46 Å².